The molecule has 0 bridgehead atoms. The minimum Gasteiger partial charge on any atom is -0.288 e. The van der Waals surface area contributed by atoms with E-state index in [0.29, 0.717) is 0 Å². The van der Waals surface area contributed by atoms with E-state index in [-0.39, 0.29) is 29.6 Å². The van der Waals surface area contributed by atoms with E-state index in [2.05, 4.69) is 0 Å². The van der Waals surface area contributed by atoms with E-state index in [1.807, 2.05) is 62.4 Å². The number of hydrogen-bond donors (Lipinski definition) is 0. The number of carbonyl (C=O) groups excluding carboxylic acids is 1. The summed E-state index contributed by atoms with van der Waals surface area (Å²) in [5.41, 5.74) is 3.55. The number of amides is 2. The summed E-state index contributed by atoms with van der Waals surface area (Å²) in [5, 5.41) is 0. The highest BCUT2D eigenvalue weighted by Crippen LogP contribution is 2.38. The van der Waals surface area contributed by atoms with Crippen LogP contribution in [0.2, 0.25) is 0 Å². The minimum atomic E-state index is -3.17. The zero-order chi connectivity index (χ0) is 17.8. The van der Waals surface area contributed by atoms with Gasteiger partial charge >= 0.3 is 6.03 Å². The van der Waals surface area contributed by atoms with Crippen LogP contribution in [0.15, 0.2) is 48.5 Å². The van der Waals surface area contributed by atoms with Crippen molar-refractivity contribution in [2.45, 2.75) is 25.9 Å². The summed E-state index contributed by atoms with van der Waals surface area (Å²) in [4.78, 5) is 16.6. The molecule has 2 aromatic carbocycles. The van der Waals surface area contributed by atoms with E-state index in [1.165, 1.54) is 0 Å². The molecule has 6 heteroatoms. The fourth-order valence-electron chi connectivity index (χ4n) is 3.90. The lowest BCUT2D eigenvalue weighted by Gasteiger charge is -2.24. The van der Waals surface area contributed by atoms with Crippen LogP contribution in [-0.4, -0.2) is 38.0 Å². The van der Waals surface area contributed by atoms with E-state index < -0.39 is 9.84 Å². The third-order valence-electron chi connectivity index (χ3n) is 5.02. The molecular formula is C19H20N2O3S. The Hall–Kier alpha value is -2.34. The number of anilines is 2. The molecule has 0 aromatic heterocycles. The number of aryl methyl sites for hydroxylation is 2. The van der Waals surface area contributed by atoms with Gasteiger partial charge in [0.05, 0.1) is 23.6 Å². The number of rotatable bonds is 2. The van der Waals surface area contributed by atoms with Gasteiger partial charge in [-0.15, -0.1) is 0 Å². The van der Waals surface area contributed by atoms with Crippen molar-refractivity contribution in [3.8, 4) is 0 Å². The molecule has 0 unspecified atom stereocenters. The van der Waals surface area contributed by atoms with Crippen LogP contribution in [0.4, 0.5) is 16.2 Å². The number of sulfone groups is 1. The van der Waals surface area contributed by atoms with Crippen molar-refractivity contribution in [3.05, 3.63) is 59.7 Å². The molecule has 2 amide bonds. The summed E-state index contributed by atoms with van der Waals surface area (Å²) < 4.78 is 24.6. The highest BCUT2D eigenvalue weighted by atomic mass is 32.2. The average Bonchev–Trinajstić information content (AvgIpc) is 2.97. The summed E-state index contributed by atoms with van der Waals surface area (Å²) in [6.07, 6.45) is 0. The van der Waals surface area contributed by atoms with Gasteiger partial charge in [0.15, 0.2) is 9.84 Å². The average molecular weight is 356 g/mol. The maximum atomic E-state index is 13.3. The van der Waals surface area contributed by atoms with Crippen LogP contribution in [0.5, 0.6) is 0 Å². The van der Waals surface area contributed by atoms with Gasteiger partial charge in [-0.2, -0.15) is 0 Å². The first-order valence-corrected chi connectivity index (χ1v) is 10.1. The molecule has 2 atom stereocenters. The lowest BCUT2D eigenvalue weighted by atomic mass is 10.1. The molecule has 0 saturated carbocycles. The second kappa shape index (κ2) is 5.59. The van der Waals surface area contributed by atoms with Gasteiger partial charge < -0.3 is 0 Å². The predicted molar refractivity (Wildman–Crippen MR) is 98.9 cm³/mol. The molecule has 0 N–H and O–H groups in total. The Kier molecular flexibility index (Phi) is 3.61. The topological polar surface area (TPSA) is 57.7 Å². The van der Waals surface area contributed by atoms with E-state index in [9.17, 15) is 13.2 Å². The van der Waals surface area contributed by atoms with Gasteiger partial charge in [-0.05, 0) is 43.2 Å². The Morgan fingerprint density at radius 1 is 0.920 bits per heavy atom. The number of para-hydroxylation sites is 1. The lowest BCUT2D eigenvalue weighted by molar-refractivity contribution is 0.255. The predicted octanol–water partition coefficient (Wildman–Crippen LogP) is 2.92. The summed E-state index contributed by atoms with van der Waals surface area (Å²) >= 11 is 0. The first-order chi connectivity index (χ1) is 11.9. The molecule has 130 valence electrons. The number of benzene rings is 2. The van der Waals surface area contributed by atoms with Gasteiger partial charge in [0.1, 0.15) is 0 Å². The molecule has 0 spiro atoms. The number of fused-ring (bicyclic) bond motifs is 1. The normalized spacial score (nSPS) is 24.6. The zero-order valence-electron chi connectivity index (χ0n) is 14.2. The van der Waals surface area contributed by atoms with Crippen molar-refractivity contribution >= 4 is 27.2 Å². The fraction of sp³-hybridized carbons (Fsp3) is 0.316. The van der Waals surface area contributed by atoms with Crippen molar-refractivity contribution in [3.63, 3.8) is 0 Å². The Morgan fingerprint density at radius 2 is 1.60 bits per heavy atom. The first kappa shape index (κ1) is 16.1. The van der Waals surface area contributed by atoms with Gasteiger partial charge in [0.25, 0.3) is 0 Å². The van der Waals surface area contributed by atoms with Crippen molar-refractivity contribution in [2.75, 3.05) is 21.3 Å². The standard InChI is InChI=1S/C19H20N2O3S/c1-13-6-5-8-15(10-13)20-17-11-25(23,24)12-18(17)21(19(20)22)16-9-4-3-7-14(16)2/h3-10,17-18H,11-12H2,1-2H3/t17-,18+/m0/s1. The quantitative estimate of drug-likeness (QED) is 0.778. The Bertz CT molecular complexity index is 955. The minimum absolute atomic E-state index is 0.0136. The number of urea groups is 1. The fourth-order valence-corrected chi connectivity index (χ4v) is 5.82. The Labute approximate surface area is 147 Å². The molecule has 2 aliphatic rings. The molecule has 25 heavy (non-hydrogen) atoms. The summed E-state index contributed by atoms with van der Waals surface area (Å²) in [5.74, 6) is 0.0276. The maximum Gasteiger partial charge on any atom is 0.329 e. The van der Waals surface area contributed by atoms with Gasteiger partial charge in [0, 0.05) is 11.4 Å². The molecule has 5 nitrogen and oxygen atoms in total. The van der Waals surface area contributed by atoms with Crippen LogP contribution in [0.1, 0.15) is 11.1 Å². The molecule has 2 heterocycles. The number of nitrogens with zero attached hydrogens (tertiary/aromatic N) is 2. The molecule has 0 aliphatic carbocycles. The third-order valence-corrected chi connectivity index (χ3v) is 6.72. The first-order valence-electron chi connectivity index (χ1n) is 8.32. The molecule has 2 fully saturated rings. The van der Waals surface area contributed by atoms with Crippen molar-refractivity contribution in [2.24, 2.45) is 0 Å². The Morgan fingerprint density at radius 3 is 2.28 bits per heavy atom. The van der Waals surface area contributed by atoms with Gasteiger partial charge in [-0.1, -0.05) is 30.3 Å². The van der Waals surface area contributed by atoms with Crippen LogP contribution >= 0.6 is 0 Å². The molecule has 0 radical (unpaired) electrons. The molecule has 4 rings (SSSR count). The van der Waals surface area contributed by atoms with E-state index >= 15 is 0 Å². The smallest absolute Gasteiger partial charge is 0.288 e. The summed E-state index contributed by atoms with van der Waals surface area (Å²) in [7, 11) is -3.17. The SMILES string of the molecule is Cc1cccc(N2C(=O)N(c3ccccc3C)[C@@H]3CS(=O)(=O)C[C@@H]32)c1. The van der Waals surface area contributed by atoms with Crippen LogP contribution in [0, 0.1) is 13.8 Å². The zero-order valence-corrected chi connectivity index (χ0v) is 15.0. The monoisotopic (exact) mass is 356 g/mol. The number of hydrogen-bond acceptors (Lipinski definition) is 3. The van der Waals surface area contributed by atoms with E-state index in [0.717, 1.165) is 22.5 Å². The second-order valence-corrected chi connectivity index (χ2v) is 9.01. The third kappa shape index (κ3) is 2.61. The van der Waals surface area contributed by atoms with Crippen LogP contribution < -0.4 is 9.80 Å². The maximum absolute atomic E-state index is 13.3. The van der Waals surface area contributed by atoms with Crippen LogP contribution in [0.25, 0.3) is 0 Å². The lowest BCUT2D eigenvalue weighted by Crippen LogP contribution is -2.38. The van der Waals surface area contributed by atoms with E-state index in [4.69, 9.17) is 0 Å². The Balaban J connectivity index is 1.84. The van der Waals surface area contributed by atoms with Crippen molar-refractivity contribution < 1.29 is 13.2 Å². The molecule has 2 aliphatic heterocycles. The second-order valence-electron chi connectivity index (χ2n) is 6.86. The van der Waals surface area contributed by atoms with Gasteiger partial charge in [0.2, 0.25) is 0 Å². The van der Waals surface area contributed by atoms with Crippen LogP contribution in [-0.2, 0) is 9.84 Å². The summed E-state index contributed by atoms with van der Waals surface area (Å²) in [6, 6.07) is 14.4. The van der Waals surface area contributed by atoms with Gasteiger partial charge in [-0.25, -0.2) is 13.2 Å². The van der Waals surface area contributed by atoms with Gasteiger partial charge in [-0.3, -0.25) is 9.80 Å². The van der Waals surface area contributed by atoms with Crippen molar-refractivity contribution in [1.82, 2.24) is 0 Å². The number of carbonyl (C=O) groups is 1. The highest BCUT2D eigenvalue weighted by molar-refractivity contribution is 7.91. The molecular weight excluding hydrogens is 336 g/mol. The molecule has 2 saturated heterocycles. The summed E-state index contributed by atoms with van der Waals surface area (Å²) in [6.45, 7) is 3.91. The highest BCUT2D eigenvalue weighted by Gasteiger charge is 2.54. The van der Waals surface area contributed by atoms with Crippen molar-refractivity contribution in [1.29, 1.82) is 0 Å². The molecule has 2 aromatic rings. The largest absolute Gasteiger partial charge is 0.329 e. The van der Waals surface area contributed by atoms with E-state index in [1.54, 1.807) is 9.80 Å². The van der Waals surface area contributed by atoms with Crippen LogP contribution in [0.3, 0.4) is 0 Å².